The molecule has 1 aliphatic rings. The van der Waals surface area contributed by atoms with Crippen molar-refractivity contribution in [3.05, 3.63) is 92.5 Å². The summed E-state index contributed by atoms with van der Waals surface area (Å²) in [6.07, 6.45) is 2.49. The molecule has 1 atom stereocenters. The molecule has 5 aromatic rings. The van der Waals surface area contributed by atoms with Crippen molar-refractivity contribution in [3.8, 4) is 17.5 Å². The Kier molecular flexibility index (Phi) is 5.14. The van der Waals surface area contributed by atoms with Gasteiger partial charge in [0.1, 0.15) is 0 Å². The van der Waals surface area contributed by atoms with E-state index in [4.69, 9.17) is 27.6 Å². The molecule has 0 unspecified atom stereocenters. The van der Waals surface area contributed by atoms with E-state index >= 15 is 0 Å². The van der Waals surface area contributed by atoms with Crippen molar-refractivity contribution in [1.29, 1.82) is 0 Å². The highest BCUT2D eigenvalue weighted by atomic mass is 35.5. The predicted molar refractivity (Wildman–Crippen MR) is 129 cm³/mol. The Balaban J connectivity index is 1.47. The number of nitrogens with zero attached hydrogens (tertiary/aromatic N) is 4. The first-order valence-electron chi connectivity index (χ1n) is 10.5. The lowest BCUT2D eigenvalue weighted by molar-refractivity contribution is 0.205. The van der Waals surface area contributed by atoms with Crippen LogP contribution < -0.4 is 0 Å². The number of rotatable bonds is 4. The van der Waals surface area contributed by atoms with Crippen LogP contribution in [0.2, 0.25) is 10.0 Å². The molecule has 0 saturated carbocycles. The summed E-state index contributed by atoms with van der Waals surface area (Å²) in [6.45, 7) is 1.57. The molecule has 0 saturated heterocycles. The third-order valence-electron chi connectivity index (χ3n) is 5.97. The highest BCUT2D eigenvalue weighted by Crippen LogP contribution is 2.44. The van der Waals surface area contributed by atoms with E-state index in [1.165, 1.54) is 27.0 Å². The fraction of sp³-hybridized carbons (Fsp3) is 0.167. The smallest absolute Gasteiger partial charge is 0.230 e. The molecule has 2 aromatic carbocycles. The molecule has 0 amide bonds. The van der Waals surface area contributed by atoms with Gasteiger partial charge < -0.3 is 9.52 Å². The average molecular weight is 497 g/mol. The van der Waals surface area contributed by atoms with Gasteiger partial charge in [-0.3, -0.25) is 4.90 Å². The first-order chi connectivity index (χ1) is 16.1. The molecule has 3 aromatic heterocycles. The van der Waals surface area contributed by atoms with Crippen LogP contribution in [0.25, 0.3) is 16.5 Å². The second kappa shape index (κ2) is 8.18. The van der Waals surface area contributed by atoms with Crippen LogP contribution in [0.4, 0.5) is 0 Å². The van der Waals surface area contributed by atoms with Crippen molar-refractivity contribution in [1.82, 2.24) is 19.5 Å². The zero-order valence-corrected chi connectivity index (χ0v) is 19.6. The molecule has 0 fully saturated rings. The number of benzene rings is 2. The molecular weight excluding hydrogens is 479 g/mol. The topological polar surface area (TPSA) is 66.8 Å². The lowest BCUT2D eigenvalue weighted by Crippen LogP contribution is -2.34. The van der Waals surface area contributed by atoms with Gasteiger partial charge in [0.2, 0.25) is 16.7 Å². The number of thiazole rings is 1. The summed E-state index contributed by atoms with van der Waals surface area (Å²) in [4.78, 5) is 8.22. The Morgan fingerprint density at radius 3 is 2.67 bits per heavy atom. The van der Waals surface area contributed by atoms with Gasteiger partial charge >= 0.3 is 0 Å². The minimum absolute atomic E-state index is 0.0511. The average Bonchev–Trinajstić information content (AvgIpc) is 3.54. The lowest BCUT2D eigenvalue weighted by atomic mass is 9.95. The monoisotopic (exact) mass is 496 g/mol. The van der Waals surface area contributed by atoms with Gasteiger partial charge in [0.05, 0.1) is 17.2 Å². The summed E-state index contributed by atoms with van der Waals surface area (Å²) in [6, 6.07) is 17.3. The van der Waals surface area contributed by atoms with Crippen molar-refractivity contribution in [3.63, 3.8) is 0 Å². The Bertz CT molecular complexity index is 1460. The Hall–Kier alpha value is -2.84. The molecule has 0 spiro atoms. The molecule has 166 valence electrons. The van der Waals surface area contributed by atoms with Crippen molar-refractivity contribution >= 4 is 39.5 Å². The summed E-state index contributed by atoms with van der Waals surface area (Å²) in [7, 11) is 0. The number of furan rings is 1. The van der Waals surface area contributed by atoms with Crippen LogP contribution in [0.15, 0.2) is 65.3 Å². The zero-order valence-electron chi connectivity index (χ0n) is 17.3. The van der Waals surface area contributed by atoms with Crippen LogP contribution in [-0.2, 0) is 13.0 Å². The lowest BCUT2D eigenvalue weighted by Gasteiger charge is -2.35. The van der Waals surface area contributed by atoms with Gasteiger partial charge in [0.15, 0.2) is 5.76 Å². The number of aromatic hydroxyl groups is 1. The highest BCUT2D eigenvalue weighted by molar-refractivity contribution is 7.17. The minimum Gasteiger partial charge on any atom is -0.492 e. The zero-order chi connectivity index (χ0) is 22.5. The molecule has 0 bridgehead atoms. The van der Waals surface area contributed by atoms with Crippen LogP contribution in [0, 0.1) is 0 Å². The minimum atomic E-state index is -0.274. The number of aromatic nitrogens is 3. The summed E-state index contributed by atoms with van der Waals surface area (Å²) in [5.41, 5.74) is 3.51. The Labute approximate surface area is 203 Å². The number of fused-ring (bicyclic) bond motifs is 2. The molecule has 9 heteroatoms. The summed E-state index contributed by atoms with van der Waals surface area (Å²) >= 11 is 14.3. The van der Waals surface area contributed by atoms with Gasteiger partial charge in [-0.15, -0.1) is 5.10 Å². The van der Waals surface area contributed by atoms with E-state index in [1.807, 2.05) is 12.1 Å². The molecule has 6 rings (SSSR count). The van der Waals surface area contributed by atoms with Crippen LogP contribution in [0.3, 0.4) is 0 Å². The second-order valence-electron chi connectivity index (χ2n) is 7.95. The van der Waals surface area contributed by atoms with Crippen LogP contribution in [0.5, 0.6) is 5.88 Å². The van der Waals surface area contributed by atoms with Gasteiger partial charge in [-0.1, -0.05) is 64.9 Å². The maximum absolute atomic E-state index is 11.2. The van der Waals surface area contributed by atoms with Gasteiger partial charge in [0, 0.05) is 23.1 Å². The van der Waals surface area contributed by atoms with E-state index in [-0.39, 0.29) is 11.9 Å². The van der Waals surface area contributed by atoms with E-state index < -0.39 is 0 Å². The Morgan fingerprint density at radius 2 is 1.91 bits per heavy atom. The van der Waals surface area contributed by atoms with E-state index in [2.05, 4.69) is 39.2 Å². The fourth-order valence-corrected chi connectivity index (χ4v) is 6.02. The van der Waals surface area contributed by atoms with E-state index in [0.717, 1.165) is 30.0 Å². The summed E-state index contributed by atoms with van der Waals surface area (Å²) < 4.78 is 6.87. The van der Waals surface area contributed by atoms with Crippen LogP contribution >= 0.6 is 34.5 Å². The first-order valence-corrected chi connectivity index (χ1v) is 12.0. The first kappa shape index (κ1) is 20.7. The molecule has 1 N–H and O–H groups in total. The number of halogens is 2. The molecule has 0 radical (unpaired) electrons. The second-order valence-corrected chi connectivity index (χ2v) is 9.81. The molecule has 6 nitrogen and oxygen atoms in total. The van der Waals surface area contributed by atoms with E-state index in [0.29, 0.717) is 26.6 Å². The maximum atomic E-state index is 11.2. The summed E-state index contributed by atoms with van der Waals surface area (Å²) in [5.74, 6) is 1.04. The molecule has 1 aliphatic heterocycles. The third kappa shape index (κ3) is 3.61. The number of hydrogen-bond acceptors (Lipinski definition) is 6. The van der Waals surface area contributed by atoms with Gasteiger partial charge in [-0.2, -0.15) is 9.50 Å². The van der Waals surface area contributed by atoms with Crippen molar-refractivity contribution in [2.24, 2.45) is 0 Å². The SMILES string of the molecule is Oc1c([C@H](c2ccc(Cl)cc2Cl)N2CCc3ccccc3C2)sc2nc(-c3ccco3)nn12. The standard InChI is InChI=1S/C24H18Cl2N4O2S/c25-16-7-8-17(18(26)12-16)20(29-10-9-14-4-1-2-5-15(14)13-29)21-23(31)30-24(33-21)27-22(28-30)19-6-3-11-32-19/h1-8,11-12,20,31H,9-10,13H2/t20-/m0/s1. The fourth-order valence-electron chi connectivity index (χ4n) is 4.40. The molecular formula is C24H18Cl2N4O2S. The molecule has 4 heterocycles. The number of hydrogen-bond donors (Lipinski definition) is 1. The highest BCUT2D eigenvalue weighted by Gasteiger charge is 2.33. The third-order valence-corrected chi connectivity index (χ3v) is 7.61. The maximum Gasteiger partial charge on any atom is 0.230 e. The Morgan fingerprint density at radius 1 is 1.06 bits per heavy atom. The largest absolute Gasteiger partial charge is 0.492 e. The van der Waals surface area contributed by atoms with Crippen LogP contribution in [0.1, 0.15) is 27.6 Å². The summed E-state index contributed by atoms with van der Waals surface area (Å²) in [5, 5.41) is 16.8. The van der Waals surface area contributed by atoms with Crippen molar-refractivity contribution < 1.29 is 9.52 Å². The van der Waals surface area contributed by atoms with Crippen molar-refractivity contribution in [2.75, 3.05) is 6.54 Å². The van der Waals surface area contributed by atoms with Crippen LogP contribution in [-0.4, -0.2) is 31.1 Å². The van der Waals surface area contributed by atoms with Gasteiger partial charge in [-0.25, -0.2) is 0 Å². The molecule has 33 heavy (non-hydrogen) atoms. The van der Waals surface area contributed by atoms with Gasteiger partial charge in [-0.05, 0) is 47.4 Å². The quantitative estimate of drug-likeness (QED) is 0.320. The van der Waals surface area contributed by atoms with Crippen molar-refractivity contribution in [2.45, 2.75) is 19.0 Å². The molecule has 0 aliphatic carbocycles. The van der Waals surface area contributed by atoms with E-state index in [1.54, 1.807) is 24.5 Å². The normalized spacial score (nSPS) is 15.1. The van der Waals surface area contributed by atoms with Gasteiger partial charge in [0.25, 0.3) is 0 Å². The predicted octanol–water partition coefficient (Wildman–Crippen LogP) is 6.21. The van der Waals surface area contributed by atoms with E-state index in [9.17, 15) is 5.11 Å².